The third-order valence-corrected chi connectivity index (χ3v) is 4.28. The minimum Gasteiger partial charge on any atom is -0.367 e. The maximum Gasteiger partial charge on any atom is 0.238 e. The van der Waals surface area contributed by atoms with E-state index in [4.69, 9.17) is 10.7 Å². The summed E-state index contributed by atoms with van der Waals surface area (Å²) in [6, 6.07) is 0. The van der Waals surface area contributed by atoms with Crippen LogP contribution < -0.4 is 5.73 Å². The van der Waals surface area contributed by atoms with E-state index < -0.39 is 0 Å². The number of anilines is 1. The van der Waals surface area contributed by atoms with Crippen molar-refractivity contribution in [3.8, 4) is 0 Å². The standard InChI is InChI=1S/C13H19N5/c1-3-9-10-8-15-12(14)17-18(10)11(16-9)13(4-2)6-5-7-13/h8H,3-7H2,1-2H3,(H2,14,17). The molecule has 0 spiro atoms. The molecular weight excluding hydrogens is 226 g/mol. The van der Waals surface area contributed by atoms with Gasteiger partial charge in [-0.25, -0.2) is 14.5 Å². The van der Waals surface area contributed by atoms with Gasteiger partial charge < -0.3 is 5.73 Å². The van der Waals surface area contributed by atoms with Gasteiger partial charge in [-0.3, -0.25) is 0 Å². The Labute approximate surface area is 106 Å². The highest BCUT2D eigenvalue weighted by atomic mass is 15.3. The van der Waals surface area contributed by atoms with Crippen LogP contribution in [-0.2, 0) is 11.8 Å². The molecule has 1 aliphatic rings. The largest absolute Gasteiger partial charge is 0.367 e. The summed E-state index contributed by atoms with van der Waals surface area (Å²) in [7, 11) is 0. The molecule has 3 rings (SSSR count). The third kappa shape index (κ3) is 1.43. The SMILES string of the molecule is CCc1nc(C2(CC)CCC2)n2nc(N)ncc12. The fourth-order valence-corrected chi connectivity index (χ4v) is 2.90. The number of nitrogens with zero attached hydrogens (tertiary/aromatic N) is 4. The summed E-state index contributed by atoms with van der Waals surface area (Å²) in [5.41, 5.74) is 8.00. The maximum absolute atomic E-state index is 5.72. The number of aryl methyl sites for hydroxylation is 1. The van der Waals surface area contributed by atoms with E-state index in [-0.39, 0.29) is 5.41 Å². The number of fused-ring (bicyclic) bond motifs is 1. The van der Waals surface area contributed by atoms with E-state index in [1.807, 2.05) is 4.52 Å². The average Bonchev–Trinajstić information content (AvgIpc) is 2.67. The number of nitrogens with two attached hydrogens (primary N) is 1. The average molecular weight is 245 g/mol. The van der Waals surface area contributed by atoms with Crippen molar-refractivity contribution in [1.29, 1.82) is 0 Å². The molecule has 5 heteroatoms. The summed E-state index contributed by atoms with van der Waals surface area (Å²) in [4.78, 5) is 8.91. The predicted octanol–water partition coefficient (Wildman–Crippen LogP) is 2.10. The van der Waals surface area contributed by atoms with E-state index in [1.54, 1.807) is 6.20 Å². The molecule has 2 heterocycles. The first-order valence-corrected chi connectivity index (χ1v) is 6.71. The van der Waals surface area contributed by atoms with E-state index in [0.717, 1.165) is 29.9 Å². The minimum atomic E-state index is 0.205. The Balaban J connectivity index is 2.25. The van der Waals surface area contributed by atoms with Crippen molar-refractivity contribution in [1.82, 2.24) is 19.6 Å². The predicted molar refractivity (Wildman–Crippen MR) is 70.4 cm³/mol. The Kier molecular flexibility index (Phi) is 2.50. The highest BCUT2D eigenvalue weighted by molar-refractivity contribution is 5.52. The summed E-state index contributed by atoms with van der Waals surface area (Å²) in [5, 5.41) is 4.36. The van der Waals surface area contributed by atoms with Crippen molar-refractivity contribution < 1.29 is 0 Å². The number of aromatic nitrogens is 4. The van der Waals surface area contributed by atoms with Crippen molar-refractivity contribution in [2.75, 3.05) is 5.73 Å². The molecule has 2 N–H and O–H groups in total. The molecule has 0 radical (unpaired) electrons. The highest BCUT2D eigenvalue weighted by Gasteiger charge is 2.41. The Morgan fingerprint density at radius 2 is 2.17 bits per heavy atom. The van der Waals surface area contributed by atoms with Gasteiger partial charge in [0.1, 0.15) is 11.3 Å². The second-order valence-electron chi connectivity index (χ2n) is 5.14. The fourth-order valence-electron chi connectivity index (χ4n) is 2.90. The summed E-state index contributed by atoms with van der Waals surface area (Å²) in [5.74, 6) is 1.39. The van der Waals surface area contributed by atoms with E-state index in [0.29, 0.717) is 5.95 Å². The monoisotopic (exact) mass is 245 g/mol. The third-order valence-electron chi connectivity index (χ3n) is 4.28. The summed E-state index contributed by atoms with van der Waals surface area (Å²) in [6.45, 7) is 4.35. The second kappa shape index (κ2) is 3.93. The lowest BCUT2D eigenvalue weighted by atomic mass is 9.66. The molecule has 1 aliphatic carbocycles. The Bertz CT molecular complexity index is 577. The van der Waals surface area contributed by atoms with E-state index in [2.05, 4.69) is 23.9 Å². The Hall–Kier alpha value is -1.65. The van der Waals surface area contributed by atoms with Gasteiger partial charge in [-0.2, -0.15) is 0 Å². The molecule has 0 aromatic carbocycles. The number of hydrogen-bond acceptors (Lipinski definition) is 4. The van der Waals surface area contributed by atoms with Crippen LogP contribution in [0.2, 0.25) is 0 Å². The quantitative estimate of drug-likeness (QED) is 0.899. The number of nitrogen functional groups attached to an aromatic ring is 1. The van der Waals surface area contributed by atoms with Gasteiger partial charge in [-0.05, 0) is 25.7 Å². The van der Waals surface area contributed by atoms with Gasteiger partial charge in [0.25, 0.3) is 0 Å². The Morgan fingerprint density at radius 1 is 1.39 bits per heavy atom. The van der Waals surface area contributed by atoms with E-state index >= 15 is 0 Å². The van der Waals surface area contributed by atoms with Crippen LogP contribution in [0.25, 0.3) is 5.52 Å². The van der Waals surface area contributed by atoms with Gasteiger partial charge in [-0.15, -0.1) is 5.10 Å². The summed E-state index contributed by atoms with van der Waals surface area (Å²) < 4.78 is 1.92. The van der Waals surface area contributed by atoms with Crippen LogP contribution >= 0.6 is 0 Å². The molecule has 0 amide bonds. The molecule has 2 aromatic heterocycles. The number of rotatable bonds is 3. The first kappa shape index (κ1) is 11.4. The van der Waals surface area contributed by atoms with Crippen LogP contribution in [0.4, 0.5) is 5.95 Å². The van der Waals surface area contributed by atoms with Crippen LogP contribution in [-0.4, -0.2) is 19.6 Å². The molecule has 0 atom stereocenters. The molecule has 2 aromatic rings. The molecular formula is C13H19N5. The molecule has 0 unspecified atom stereocenters. The topological polar surface area (TPSA) is 69.1 Å². The molecule has 96 valence electrons. The number of hydrogen-bond donors (Lipinski definition) is 1. The van der Waals surface area contributed by atoms with Crippen LogP contribution in [0.15, 0.2) is 6.20 Å². The first-order chi connectivity index (χ1) is 8.70. The summed E-state index contributed by atoms with van der Waals surface area (Å²) >= 11 is 0. The maximum atomic E-state index is 5.72. The van der Waals surface area contributed by atoms with Crippen molar-refractivity contribution in [2.45, 2.75) is 51.4 Å². The molecule has 0 aliphatic heterocycles. The Morgan fingerprint density at radius 3 is 2.72 bits per heavy atom. The van der Waals surface area contributed by atoms with Gasteiger partial charge in [0.05, 0.1) is 11.9 Å². The minimum absolute atomic E-state index is 0.205. The zero-order chi connectivity index (χ0) is 12.8. The fraction of sp³-hybridized carbons (Fsp3) is 0.615. The molecule has 18 heavy (non-hydrogen) atoms. The first-order valence-electron chi connectivity index (χ1n) is 6.71. The van der Waals surface area contributed by atoms with Gasteiger partial charge >= 0.3 is 0 Å². The van der Waals surface area contributed by atoms with Crippen molar-refractivity contribution >= 4 is 11.5 Å². The van der Waals surface area contributed by atoms with Gasteiger partial charge in [0.15, 0.2) is 0 Å². The van der Waals surface area contributed by atoms with Gasteiger partial charge in [0.2, 0.25) is 5.95 Å². The molecule has 1 fully saturated rings. The van der Waals surface area contributed by atoms with Crippen molar-refractivity contribution in [3.63, 3.8) is 0 Å². The lowest BCUT2D eigenvalue weighted by molar-refractivity contribution is 0.217. The van der Waals surface area contributed by atoms with E-state index in [1.165, 1.54) is 19.3 Å². The smallest absolute Gasteiger partial charge is 0.238 e. The van der Waals surface area contributed by atoms with Gasteiger partial charge in [0, 0.05) is 5.41 Å². The second-order valence-corrected chi connectivity index (χ2v) is 5.14. The molecule has 0 bridgehead atoms. The van der Waals surface area contributed by atoms with Crippen LogP contribution in [0.1, 0.15) is 51.0 Å². The normalized spacial score (nSPS) is 17.9. The zero-order valence-electron chi connectivity index (χ0n) is 11.0. The lowest BCUT2D eigenvalue weighted by Gasteiger charge is -2.39. The molecule has 0 saturated heterocycles. The van der Waals surface area contributed by atoms with Crippen molar-refractivity contribution in [3.05, 3.63) is 17.7 Å². The van der Waals surface area contributed by atoms with Crippen molar-refractivity contribution in [2.24, 2.45) is 0 Å². The summed E-state index contributed by atoms with van der Waals surface area (Å²) in [6.07, 6.45) is 7.49. The van der Waals surface area contributed by atoms with Crippen LogP contribution in [0.5, 0.6) is 0 Å². The molecule has 1 saturated carbocycles. The lowest BCUT2D eigenvalue weighted by Crippen LogP contribution is -2.36. The zero-order valence-corrected chi connectivity index (χ0v) is 11.0. The number of imidazole rings is 1. The highest BCUT2D eigenvalue weighted by Crippen LogP contribution is 2.45. The molecule has 5 nitrogen and oxygen atoms in total. The van der Waals surface area contributed by atoms with E-state index in [9.17, 15) is 0 Å². The van der Waals surface area contributed by atoms with Crippen LogP contribution in [0.3, 0.4) is 0 Å². The van der Waals surface area contributed by atoms with Crippen LogP contribution in [0, 0.1) is 0 Å². The van der Waals surface area contributed by atoms with Gasteiger partial charge in [-0.1, -0.05) is 20.3 Å².